The van der Waals surface area contributed by atoms with E-state index in [9.17, 15) is 15.8 Å². The van der Waals surface area contributed by atoms with E-state index in [-0.39, 0.29) is 16.7 Å². The van der Waals surface area contributed by atoms with Crippen molar-refractivity contribution in [1.29, 1.82) is 15.8 Å². The Bertz CT molecular complexity index is 557. The molecule has 0 fully saturated rings. The molecule has 3 nitrogen and oxygen atoms in total. The molecule has 0 atom stereocenters. The van der Waals surface area contributed by atoms with Crippen LogP contribution in [0.4, 0.5) is 0 Å². The molecule has 0 aliphatic carbocycles. The van der Waals surface area contributed by atoms with Crippen molar-refractivity contribution in [3.8, 4) is 18.2 Å². The molecule has 0 aliphatic heterocycles. The van der Waals surface area contributed by atoms with Gasteiger partial charge < -0.3 is 0 Å². The fraction of sp³-hybridized carbons (Fsp3) is 0. The molecule has 1 aromatic rings. The molecule has 0 spiro atoms. The monoisotopic (exact) mass is 231 g/mol. The predicted octanol–water partition coefficient (Wildman–Crippen LogP) is 3.23. The molecule has 84 valence electrons. The smallest absolute Gasteiger partial charge is 0.100 e. The molecule has 0 N–H and O–H groups in total. The van der Waals surface area contributed by atoms with Crippen LogP contribution >= 0.6 is 0 Å². The van der Waals surface area contributed by atoms with Gasteiger partial charge in [0.2, 0.25) is 0 Å². The van der Waals surface area contributed by atoms with Gasteiger partial charge in [-0.05, 0) is 0 Å². The molecule has 0 saturated heterocycles. The summed E-state index contributed by atoms with van der Waals surface area (Å²) in [4.78, 5) is 0. The first-order valence-electron chi connectivity index (χ1n) is 5.01. The van der Waals surface area contributed by atoms with Crippen molar-refractivity contribution in [2.24, 2.45) is 0 Å². The Morgan fingerprint density at radius 3 is 0.944 bits per heavy atom. The molecule has 1 rings (SSSR count). The number of hydrogen-bond acceptors (Lipinski definition) is 3. The van der Waals surface area contributed by atoms with Gasteiger partial charge in [-0.2, -0.15) is 15.8 Å². The van der Waals surface area contributed by atoms with Crippen LogP contribution in [-0.2, 0) is 0 Å². The van der Waals surface area contributed by atoms with Gasteiger partial charge in [-0.25, -0.2) is 0 Å². The van der Waals surface area contributed by atoms with Crippen LogP contribution in [0, 0.1) is 34.0 Å². The van der Waals surface area contributed by atoms with Crippen molar-refractivity contribution in [2.45, 2.75) is 0 Å². The summed E-state index contributed by atoms with van der Waals surface area (Å²) in [7, 11) is 0. The van der Waals surface area contributed by atoms with Gasteiger partial charge in [0.1, 0.15) is 18.2 Å². The molecule has 0 saturated carbocycles. The molecule has 0 aromatic heterocycles. The first-order chi connectivity index (χ1) is 8.69. The number of nitriles is 3. The molecule has 0 aliphatic rings. The normalized spacial score (nSPS) is 8.50. The fourth-order valence-electron chi connectivity index (χ4n) is 1.78. The minimum atomic E-state index is 0.235. The molecule has 0 heterocycles. The Morgan fingerprint density at radius 2 is 0.833 bits per heavy atom. The average Bonchev–Trinajstić information content (AvgIpc) is 2.43. The number of rotatable bonds is 3. The lowest BCUT2D eigenvalue weighted by Gasteiger charge is -2.11. The van der Waals surface area contributed by atoms with Gasteiger partial charge >= 0.3 is 0 Å². The third-order valence-electron chi connectivity index (χ3n) is 2.56. The van der Waals surface area contributed by atoms with E-state index in [1.54, 1.807) is 0 Å². The second-order valence-electron chi connectivity index (χ2n) is 3.31. The second kappa shape index (κ2) is 5.30. The topological polar surface area (TPSA) is 71.4 Å². The van der Waals surface area contributed by atoms with Gasteiger partial charge in [0.15, 0.2) is 0 Å². The van der Waals surface area contributed by atoms with Crippen LogP contribution in [-0.4, -0.2) is 0 Å². The first kappa shape index (κ1) is 13.0. The molecule has 0 unspecified atom stereocenters. The average molecular weight is 231 g/mol. The summed E-state index contributed by atoms with van der Waals surface area (Å²) in [5.41, 5.74) is 1.92. The lowest BCUT2D eigenvalue weighted by molar-refractivity contribution is 1.37. The van der Waals surface area contributed by atoms with Crippen LogP contribution in [0.25, 0.3) is 18.2 Å². The van der Waals surface area contributed by atoms with Crippen molar-refractivity contribution >= 4 is 18.2 Å². The Kier molecular flexibility index (Phi) is 3.82. The quantitative estimate of drug-likeness (QED) is 0.801. The van der Waals surface area contributed by atoms with Gasteiger partial charge in [-0.3, -0.25) is 0 Å². The molecule has 0 radical (unpaired) electrons. The third kappa shape index (κ3) is 1.69. The van der Waals surface area contributed by atoms with Crippen molar-refractivity contribution in [1.82, 2.24) is 0 Å². The zero-order chi connectivity index (χ0) is 13.7. The highest BCUT2D eigenvalue weighted by Gasteiger charge is 2.19. The highest BCUT2D eigenvalue weighted by Crippen LogP contribution is 2.29. The van der Waals surface area contributed by atoms with Crippen molar-refractivity contribution in [3.05, 3.63) is 53.1 Å². The Labute approximate surface area is 106 Å². The summed E-state index contributed by atoms with van der Waals surface area (Å²) in [6.45, 7) is 10.8. The van der Waals surface area contributed by atoms with Gasteiger partial charge in [-0.15, -0.1) is 0 Å². The van der Waals surface area contributed by atoms with E-state index in [1.807, 2.05) is 18.2 Å². The maximum atomic E-state index is 9.17. The highest BCUT2D eigenvalue weighted by molar-refractivity contribution is 5.82. The molecule has 0 amide bonds. The largest absolute Gasteiger partial charge is 0.192 e. The fourth-order valence-corrected chi connectivity index (χ4v) is 1.78. The molecular formula is C15H9N3. The van der Waals surface area contributed by atoms with E-state index in [1.165, 1.54) is 18.2 Å². The van der Waals surface area contributed by atoms with Crippen LogP contribution in [0.2, 0.25) is 0 Å². The van der Waals surface area contributed by atoms with E-state index in [4.69, 9.17) is 0 Å². The summed E-state index contributed by atoms with van der Waals surface area (Å²) in [5.74, 6) is 0. The summed E-state index contributed by atoms with van der Waals surface area (Å²) in [5, 5.41) is 27.5. The minimum absolute atomic E-state index is 0.235. The van der Waals surface area contributed by atoms with E-state index < -0.39 is 0 Å². The lowest BCUT2D eigenvalue weighted by Crippen LogP contribution is -2.01. The second-order valence-corrected chi connectivity index (χ2v) is 3.31. The van der Waals surface area contributed by atoms with Crippen molar-refractivity contribution < 1.29 is 0 Å². The molecule has 18 heavy (non-hydrogen) atoms. The number of hydrogen-bond donors (Lipinski definition) is 0. The predicted molar refractivity (Wildman–Crippen MR) is 70.9 cm³/mol. The first-order valence-corrected chi connectivity index (χ1v) is 5.01. The van der Waals surface area contributed by atoms with Crippen LogP contribution in [0.3, 0.4) is 0 Å². The molecule has 0 bridgehead atoms. The van der Waals surface area contributed by atoms with E-state index in [0.29, 0.717) is 16.7 Å². The molecule has 1 aromatic carbocycles. The zero-order valence-electron chi connectivity index (χ0n) is 9.70. The van der Waals surface area contributed by atoms with Crippen molar-refractivity contribution in [3.63, 3.8) is 0 Å². The van der Waals surface area contributed by atoms with Crippen LogP contribution in [0.15, 0.2) is 19.7 Å². The van der Waals surface area contributed by atoms with E-state index in [2.05, 4.69) is 19.7 Å². The van der Waals surface area contributed by atoms with Gasteiger partial charge in [0.05, 0.1) is 16.7 Å². The molecular weight excluding hydrogens is 222 g/mol. The zero-order valence-corrected chi connectivity index (χ0v) is 9.70. The van der Waals surface area contributed by atoms with Crippen LogP contribution in [0.1, 0.15) is 33.4 Å². The lowest BCUT2D eigenvalue weighted by atomic mass is 9.87. The summed E-state index contributed by atoms with van der Waals surface area (Å²) in [6, 6.07) is 5.96. The van der Waals surface area contributed by atoms with Gasteiger partial charge in [-0.1, -0.05) is 38.0 Å². The Morgan fingerprint density at radius 1 is 0.611 bits per heavy atom. The minimum Gasteiger partial charge on any atom is -0.192 e. The Hall–Kier alpha value is -3.09. The molecule has 3 heteroatoms. The maximum Gasteiger partial charge on any atom is 0.100 e. The van der Waals surface area contributed by atoms with E-state index >= 15 is 0 Å². The van der Waals surface area contributed by atoms with E-state index in [0.717, 1.165) is 0 Å². The van der Waals surface area contributed by atoms with Crippen molar-refractivity contribution in [2.75, 3.05) is 0 Å². The number of nitrogens with zero attached hydrogens (tertiary/aromatic N) is 3. The van der Waals surface area contributed by atoms with Gasteiger partial charge in [0, 0.05) is 16.7 Å². The maximum absolute atomic E-state index is 9.17. The van der Waals surface area contributed by atoms with Crippen LogP contribution < -0.4 is 0 Å². The SMILES string of the molecule is C=Cc1c(C#N)c(C=C)c(C#N)c(C=C)c1C#N. The summed E-state index contributed by atoms with van der Waals surface area (Å²) in [6.07, 6.45) is 4.29. The van der Waals surface area contributed by atoms with Crippen LogP contribution in [0.5, 0.6) is 0 Å². The Balaban J connectivity index is 4.14. The summed E-state index contributed by atoms with van der Waals surface area (Å²) >= 11 is 0. The summed E-state index contributed by atoms with van der Waals surface area (Å²) < 4.78 is 0. The highest BCUT2D eigenvalue weighted by atomic mass is 14.3. The third-order valence-corrected chi connectivity index (χ3v) is 2.56. The number of benzene rings is 1. The standard InChI is InChI=1S/C15H9N3/c1-4-10-13(7-16)11(5-2)15(9-18)12(6-3)14(10)8-17/h4-6H,1-3H2. The van der Waals surface area contributed by atoms with Gasteiger partial charge in [0.25, 0.3) is 0 Å².